The lowest BCUT2D eigenvalue weighted by molar-refractivity contribution is -0.131. The SMILES string of the molecule is CC1SCCN1C(=O)C(c1ccccc1)c1ccccc1. The minimum Gasteiger partial charge on any atom is -0.329 e. The summed E-state index contributed by atoms with van der Waals surface area (Å²) in [6.07, 6.45) is 0. The first kappa shape index (κ1) is 14.2. The maximum atomic E-state index is 13.1. The highest BCUT2D eigenvalue weighted by atomic mass is 32.2. The summed E-state index contributed by atoms with van der Waals surface area (Å²) in [5.74, 6) is 1.04. The highest BCUT2D eigenvalue weighted by molar-refractivity contribution is 8.00. The van der Waals surface area contributed by atoms with Gasteiger partial charge in [0.2, 0.25) is 5.91 Å². The molecule has 1 fully saturated rings. The molecule has 1 atom stereocenters. The monoisotopic (exact) mass is 297 g/mol. The van der Waals surface area contributed by atoms with E-state index in [1.54, 1.807) is 0 Å². The third-order valence-corrected chi connectivity index (χ3v) is 5.08. The molecule has 0 saturated carbocycles. The molecule has 2 nitrogen and oxygen atoms in total. The van der Waals surface area contributed by atoms with Crippen LogP contribution in [0, 0.1) is 0 Å². The number of thioether (sulfide) groups is 1. The standard InChI is InChI=1S/C18H19NOS/c1-14-19(12-13-21-14)18(20)17(15-8-4-2-5-9-15)16-10-6-3-7-11-16/h2-11,14,17H,12-13H2,1H3. The lowest BCUT2D eigenvalue weighted by Crippen LogP contribution is -2.37. The number of rotatable bonds is 3. The van der Waals surface area contributed by atoms with Crippen LogP contribution >= 0.6 is 11.8 Å². The van der Waals surface area contributed by atoms with Gasteiger partial charge in [-0.1, -0.05) is 60.7 Å². The number of hydrogen-bond donors (Lipinski definition) is 0. The molecule has 1 aliphatic heterocycles. The molecule has 0 spiro atoms. The predicted octanol–water partition coefficient (Wildman–Crippen LogP) is 3.74. The van der Waals surface area contributed by atoms with Gasteiger partial charge in [0.05, 0.1) is 11.3 Å². The van der Waals surface area contributed by atoms with Crippen LogP contribution < -0.4 is 0 Å². The van der Waals surface area contributed by atoms with Gasteiger partial charge in [-0.15, -0.1) is 11.8 Å². The van der Waals surface area contributed by atoms with E-state index in [2.05, 4.69) is 6.92 Å². The van der Waals surface area contributed by atoms with Crippen LogP contribution in [-0.4, -0.2) is 28.5 Å². The summed E-state index contributed by atoms with van der Waals surface area (Å²) in [5, 5.41) is 0.271. The Kier molecular flexibility index (Phi) is 4.30. The summed E-state index contributed by atoms with van der Waals surface area (Å²) in [6, 6.07) is 20.2. The van der Waals surface area contributed by atoms with Gasteiger partial charge < -0.3 is 4.90 Å². The van der Waals surface area contributed by atoms with Crippen LogP contribution in [0.4, 0.5) is 0 Å². The Morgan fingerprint density at radius 3 is 2.00 bits per heavy atom. The Labute approximate surface area is 130 Å². The molecule has 2 aromatic rings. The second kappa shape index (κ2) is 6.35. The van der Waals surface area contributed by atoms with E-state index in [1.165, 1.54) is 0 Å². The van der Waals surface area contributed by atoms with E-state index in [9.17, 15) is 4.79 Å². The second-order valence-electron chi connectivity index (χ2n) is 5.26. The van der Waals surface area contributed by atoms with E-state index in [4.69, 9.17) is 0 Å². The van der Waals surface area contributed by atoms with E-state index in [-0.39, 0.29) is 17.2 Å². The summed E-state index contributed by atoms with van der Waals surface area (Å²) in [6.45, 7) is 2.96. The number of carbonyl (C=O) groups is 1. The quantitative estimate of drug-likeness (QED) is 0.860. The minimum absolute atomic E-state index is 0.200. The molecule has 0 aliphatic carbocycles. The van der Waals surface area contributed by atoms with Gasteiger partial charge in [0.25, 0.3) is 0 Å². The van der Waals surface area contributed by atoms with Crippen LogP contribution in [0.3, 0.4) is 0 Å². The van der Waals surface area contributed by atoms with Gasteiger partial charge in [0.1, 0.15) is 0 Å². The highest BCUT2D eigenvalue weighted by Gasteiger charge is 2.32. The molecule has 3 heteroatoms. The molecule has 3 rings (SSSR count). The predicted molar refractivity (Wildman–Crippen MR) is 88.4 cm³/mol. The van der Waals surface area contributed by atoms with Crippen molar-refractivity contribution in [3.05, 3.63) is 71.8 Å². The molecule has 0 N–H and O–H groups in total. The third-order valence-electron chi connectivity index (χ3n) is 3.93. The highest BCUT2D eigenvalue weighted by Crippen LogP contribution is 2.31. The summed E-state index contributed by atoms with van der Waals surface area (Å²) in [4.78, 5) is 15.1. The Bertz CT molecular complexity index is 560. The zero-order chi connectivity index (χ0) is 14.7. The third kappa shape index (κ3) is 2.98. The second-order valence-corrected chi connectivity index (χ2v) is 6.68. The fourth-order valence-corrected chi connectivity index (χ4v) is 3.85. The van der Waals surface area contributed by atoms with E-state index >= 15 is 0 Å². The number of hydrogen-bond acceptors (Lipinski definition) is 2. The summed E-state index contributed by atoms with van der Waals surface area (Å²) in [5.41, 5.74) is 2.13. The van der Waals surface area contributed by atoms with Gasteiger partial charge in [-0.2, -0.15) is 0 Å². The van der Waals surface area contributed by atoms with Crippen LogP contribution in [0.2, 0.25) is 0 Å². The van der Waals surface area contributed by atoms with Gasteiger partial charge >= 0.3 is 0 Å². The van der Waals surface area contributed by atoms with Crippen molar-refractivity contribution in [2.75, 3.05) is 12.3 Å². The largest absolute Gasteiger partial charge is 0.329 e. The van der Waals surface area contributed by atoms with Gasteiger partial charge in [0, 0.05) is 12.3 Å². The van der Waals surface area contributed by atoms with Crippen molar-refractivity contribution in [3.63, 3.8) is 0 Å². The van der Waals surface area contributed by atoms with Crippen molar-refractivity contribution in [1.82, 2.24) is 4.90 Å². The molecule has 1 amide bonds. The van der Waals surface area contributed by atoms with Gasteiger partial charge in [-0.05, 0) is 18.1 Å². The zero-order valence-electron chi connectivity index (χ0n) is 12.1. The first-order chi connectivity index (χ1) is 10.3. The van der Waals surface area contributed by atoms with E-state index in [0.29, 0.717) is 0 Å². The summed E-state index contributed by atoms with van der Waals surface area (Å²) >= 11 is 1.85. The molecule has 1 saturated heterocycles. The fraction of sp³-hybridized carbons (Fsp3) is 0.278. The van der Waals surface area contributed by atoms with Crippen molar-refractivity contribution in [2.24, 2.45) is 0 Å². The molecule has 1 aliphatic rings. The first-order valence-electron chi connectivity index (χ1n) is 7.29. The molecule has 0 radical (unpaired) electrons. The number of nitrogens with zero attached hydrogens (tertiary/aromatic N) is 1. The first-order valence-corrected chi connectivity index (χ1v) is 8.34. The van der Waals surface area contributed by atoms with Crippen molar-refractivity contribution < 1.29 is 4.79 Å². The Morgan fingerprint density at radius 1 is 1.05 bits per heavy atom. The zero-order valence-corrected chi connectivity index (χ0v) is 12.9. The number of amides is 1. The van der Waals surface area contributed by atoms with Gasteiger partial charge in [-0.3, -0.25) is 4.79 Å². The Morgan fingerprint density at radius 2 is 1.57 bits per heavy atom. The van der Waals surface area contributed by atoms with Crippen molar-refractivity contribution >= 4 is 17.7 Å². The summed E-state index contributed by atoms with van der Waals surface area (Å²) in [7, 11) is 0. The summed E-state index contributed by atoms with van der Waals surface area (Å²) < 4.78 is 0. The van der Waals surface area contributed by atoms with E-state index in [0.717, 1.165) is 23.4 Å². The van der Waals surface area contributed by atoms with E-state index < -0.39 is 0 Å². The van der Waals surface area contributed by atoms with E-state index in [1.807, 2.05) is 77.3 Å². The van der Waals surface area contributed by atoms with Crippen molar-refractivity contribution in [1.29, 1.82) is 0 Å². The smallest absolute Gasteiger partial charge is 0.235 e. The molecule has 0 bridgehead atoms. The van der Waals surface area contributed by atoms with Gasteiger partial charge in [0.15, 0.2) is 0 Å². The molecular weight excluding hydrogens is 278 g/mol. The molecule has 0 aromatic heterocycles. The van der Waals surface area contributed by atoms with Crippen molar-refractivity contribution in [3.8, 4) is 0 Å². The molecule has 1 unspecified atom stereocenters. The lowest BCUT2D eigenvalue weighted by atomic mass is 9.90. The minimum atomic E-state index is -0.200. The maximum absolute atomic E-state index is 13.1. The Hall–Kier alpha value is -1.74. The van der Waals surface area contributed by atoms with Crippen LogP contribution in [0.1, 0.15) is 24.0 Å². The van der Waals surface area contributed by atoms with Gasteiger partial charge in [-0.25, -0.2) is 0 Å². The Balaban J connectivity index is 1.99. The molecular formula is C18H19NOS. The van der Waals surface area contributed by atoms with Crippen LogP contribution in [0.5, 0.6) is 0 Å². The molecule has 2 aromatic carbocycles. The molecule has 1 heterocycles. The number of carbonyl (C=O) groups excluding carboxylic acids is 1. The fourth-order valence-electron chi connectivity index (χ4n) is 2.82. The topological polar surface area (TPSA) is 20.3 Å². The van der Waals surface area contributed by atoms with Crippen LogP contribution in [0.15, 0.2) is 60.7 Å². The van der Waals surface area contributed by atoms with Crippen LogP contribution in [-0.2, 0) is 4.79 Å². The van der Waals surface area contributed by atoms with Crippen LogP contribution in [0.25, 0.3) is 0 Å². The maximum Gasteiger partial charge on any atom is 0.235 e. The lowest BCUT2D eigenvalue weighted by Gasteiger charge is -2.27. The number of benzene rings is 2. The average molecular weight is 297 g/mol. The average Bonchev–Trinajstić information content (AvgIpc) is 2.96. The molecule has 21 heavy (non-hydrogen) atoms. The van der Waals surface area contributed by atoms with Crippen molar-refractivity contribution in [2.45, 2.75) is 18.2 Å². The molecule has 108 valence electrons. The normalized spacial score (nSPS) is 18.2.